The lowest BCUT2D eigenvalue weighted by molar-refractivity contribution is -0.138. The Morgan fingerprint density at radius 1 is 1.40 bits per heavy atom. The lowest BCUT2D eigenvalue weighted by Crippen LogP contribution is -2.43. The van der Waals surface area contributed by atoms with Gasteiger partial charge in [-0.25, -0.2) is 4.98 Å². The molecular formula is C16H24N6O3. The van der Waals surface area contributed by atoms with E-state index in [1.807, 2.05) is 27.2 Å². The second-order valence-electron chi connectivity index (χ2n) is 6.24. The van der Waals surface area contributed by atoms with E-state index < -0.39 is 0 Å². The summed E-state index contributed by atoms with van der Waals surface area (Å²) in [7, 11) is 0. The number of carbonyl (C=O) groups excluding carboxylic acids is 1. The molecule has 0 saturated carbocycles. The standard InChI is InChI=1S/C15H22N6O.CH2O2/c1-4-20-9-14-18-17-13(8-19-6-5-16-10-19)21(14)12(15(20)22)7-11(2)3;2-1-3/h5-6,10-12H,4,7-9H2,1-3H3;1H,(H,2,3)/t12-;/m0./s1. The molecular weight excluding hydrogens is 324 g/mol. The summed E-state index contributed by atoms with van der Waals surface area (Å²) in [5.41, 5.74) is 0. The highest BCUT2D eigenvalue weighted by atomic mass is 16.3. The Kier molecular flexibility index (Phi) is 6.26. The molecule has 3 rings (SSSR count). The molecule has 2 aromatic rings. The number of rotatable bonds is 5. The average Bonchev–Trinajstić information content (AvgIpc) is 3.21. The van der Waals surface area contributed by atoms with Crippen LogP contribution in [0.15, 0.2) is 18.7 Å². The van der Waals surface area contributed by atoms with Crippen LogP contribution < -0.4 is 0 Å². The fraction of sp³-hybridized carbons (Fsp3) is 0.562. The Labute approximate surface area is 146 Å². The summed E-state index contributed by atoms with van der Waals surface area (Å²) in [5, 5.41) is 15.5. The Morgan fingerprint density at radius 3 is 2.68 bits per heavy atom. The van der Waals surface area contributed by atoms with Crippen molar-refractivity contribution in [3.8, 4) is 0 Å². The van der Waals surface area contributed by atoms with E-state index in [4.69, 9.17) is 9.90 Å². The fourth-order valence-corrected chi connectivity index (χ4v) is 2.97. The number of hydrogen-bond donors (Lipinski definition) is 1. The minimum absolute atomic E-state index is 0.176. The molecule has 3 heterocycles. The van der Waals surface area contributed by atoms with E-state index in [-0.39, 0.29) is 18.4 Å². The van der Waals surface area contributed by atoms with Crippen LogP contribution in [0.1, 0.15) is 44.9 Å². The van der Waals surface area contributed by atoms with Crippen LogP contribution in [0.4, 0.5) is 0 Å². The molecule has 0 radical (unpaired) electrons. The number of carboxylic acid groups (broad SMARTS) is 1. The first-order chi connectivity index (χ1) is 12.0. The number of fused-ring (bicyclic) bond motifs is 1. The number of imidazole rings is 1. The first-order valence-corrected chi connectivity index (χ1v) is 8.26. The SMILES string of the molecule is CCN1Cc2nnc(Cn3ccnc3)n2[C@@H](CC(C)C)C1=O.O=CO. The van der Waals surface area contributed by atoms with Gasteiger partial charge in [0.1, 0.15) is 6.04 Å². The van der Waals surface area contributed by atoms with Gasteiger partial charge in [-0.3, -0.25) is 14.2 Å². The highest BCUT2D eigenvalue weighted by molar-refractivity contribution is 5.81. The Balaban J connectivity index is 0.000000701. The van der Waals surface area contributed by atoms with Gasteiger partial charge in [0.2, 0.25) is 5.91 Å². The van der Waals surface area contributed by atoms with E-state index in [2.05, 4.69) is 29.0 Å². The van der Waals surface area contributed by atoms with E-state index in [1.54, 1.807) is 12.5 Å². The maximum Gasteiger partial charge on any atom is 0.290 e. The van der Waals surface area contributed by atoms with Gasteiger partial charge >= 0.3 is 0 Å². The molecule has 1 amide bonds. The van der Waals surface area contributed by atoms with Gasteiger partial charge < -0.3 is 14.6 Å². The van der Waals surface area contributed by atoms with Gasteiger partial charge in [0.15, 0.2) is 11.6 Å². The zero-order chi connectivity index (χ0) is 18.4. The van der Waals surface area contributed by atoms with E-state index in [9.17, 15) is 4.79 Å². The van der Waals surface area contributed by atoms with Crippen molar-refractivity contribution in [2.45, 2.75) is 46.3 Å². The molecule has 9 heteroatoms. The highest BCUT2D eigenvalue weighted by Crippen LogP contribution is 2.28. The predicted molar refractivity (Wildman–Crippen MR) is 89.6 cm³/mol. The monoisotopic (exact) mass is 348 g/mol. The molecule has 0 aromatic carbocycles. The summed E-state index contributed by atoms with van der Waals surface area (Å²) < 4.78 is 3.98. The molecule has 0 fully saturated rings. The second kappa shape index (κ2) is 8.41. The minimum atomic E-state index is -0.250. The van der Waals surface area contributed by atoms with Crippen LogP contribution >= 0.6 is 0 Å². The largest absolute Gasteiger partial charge is 0.483 e. The van der Waals surface area contributed by atoms with Gasteiger partial charge in [0.05, 0.1) is 19.4 Å². The summed E-state index contributed by atoms with van der Waals surface area (Å²) in [6.45, 7) is 7.86. The summed E-state index contributed by atoms with van der Waals surface area (Å²) in [4.78, 5) is 27.0. The molecule has 2 aromatic heterocycles. The van der Waals surface area contributed by atoms with Crippen LogP contribution in [-0.4, -0.2) is 53.2 Å². The van der Waals surface area contributed by atoms with E-state index in [0.717, 1.165) is 18.1 Å². The predicted octanol–water partition coefficient (Wildman–Crippen LogP) is 1.17. The zero-order valence-electron chi connectivity index (χ0n) is 14.7. The smallest absolute Gasteiger partial charge is 0.290 e. The molecule has 1 N–H and O–H groups in total. The third-order valence-electron chi connectivity index (χ3n) is 4.04. The van der Waals surface area contributed by atoms with Crippen LogP contribution in [-0.2, 0) is 22.7 Å². The summed E-state index contributed by atoms with van der Waals surface area (Å²) in [6.07, 6.45) is 6.19. The van der Waals surface area contributed by atoms with Gasteiger partial charge in [-0.2, -0.15) is 0 Å². The zero-order valence-corrected chi connectivity index (χ0v) is 14.7. The summed E-state index contributed by atoms with van der Waals surface area (Å²) in [5.74, 6) is 2.31. The van der Waals surface area contributed by atoms with E-state index in [1.165, 1.54) is 0 Å². The highest BCUT2D eigenvalue weighted by Gasteiger charge is 2.35. The van der Waals surface area contributed by atoms with Crippen LogP contribution in [0, 0.1) is 5.92 Å². The lowest BCUT2D eigenvalue weighted by Gasteiger charge is -2.34. The normalized spacial score (nSPS) is 16.4. The second-order valence-corrected chi connectivity index (χ2v) is 6.24. The van der Waals surface area contributed by atoms with Gasteiger partial charge in [0.25, 0.3) is 6.47 Å². The fourth-order valence-electron chi connectivity index (χ4n) is 2.97. The molecule has 0 aliphatic carbocycles. The van der Waals surface area contributed by atoms with Gasteiger partial charge in [0, 0.05) is 18.9 Å². The number of hydrogen-bond acceptors (Lipinski definition) is 5. The summed E-state index contributed by atoms with van der Waals surface area (Å²) >= 11 is 0. The quantitative estimate of drug-likeness (QED) is 0.813. The van der Waals surface area contributed by atoms with Crippen molar-refractivity contribution in [2.24, 2.45) is 5.92 Å². The Hall–Kier alpha value is -2.71. The number of likely N-dealkylation sites (N-methyl/N-ethyl adjacent to an activating group) is 1. The molecule has 25 heavy (non-hydrogen) atoms. The van der Waals surface area contributed by atoms with Crippen molar-refractivity contribution in [1.29, 1.82) is 0 Å². The molecule has 1 atom stereocenters. The number of aromatic nitrogens is 5. The molecule has 0 bridgehead atoms. The molecule has 9 nitrogen and oxygen atoms in total. The van der Waals surface area contributed by atoms with Crippen molar-refractivity contribution in [2.75, 3.05) is 6.54 Å². The Bertz CT molecular complexity index is 695. The van der Waals surface area contributed by atoms with Crippen LogP contribution in [0.5, 0.6) is 0 Å². The van der Waals surface area contributed by atoms with Crippen molar-refractivity contribution < 1.29 is 14.7 Å². The van der Waals surface area contributed by atoms with E-state index in [0.29, 0.717) is 25.6 Å². The third-order valence-corrected chi connectivity index (χ3v) is 4.04. The van der Waals surface area contributed by atoms with Gasteiger partial charge in [-0.1, -0.05) is 13.8 Å². The third kappa shape index (κ3) is 4.23. The lowest BCUT2D eigenvalue weighted by atomic mass is 10.0. The first kappa shape index (κ1) is 18.6. The van der Waals surface area contributed by atoms with Gasteiger partial charge in [-0.05, 0) is 19.3 Å². The molecule has 0 saturated heterocycles. The molecule has 1 aliphatic rings. The number of amides is 1. The number of nitrogens with zero attached hydrogens (tertiary/aromatic N) is 6. The van der Waals surface area contributed by atoms with Crippen molar-refractivity contribution >= 4 is 12.4 Å². The first-order valence-electron chi connectivity index (χ1n) is 8.26. The maximum absolute atomic E-state index is 12.7. The van der Waals surface area contributed by atoms with Crippen molar-refractivity contribution in [3.05, 3.63) is 30.4 Å². The minimum Gasteiger partial charge on any atom is -0.483 e. The van der Waals surface area contributed by atoms with E-state index >= 15 is 0 Å². The molecule has 136 valence electrons. The van der Waals surface area contributed by atoms with Crippen LogP contribution in [0.3, 0.4) is 0 Å². The molecule has 0 unspecified atom stereocenters. The maximum atomic E-state index is 12.7. The van der Waals surface area contributed by atoms with Gasteiger partial charge in [-0.15, -0.1) is 10.2 Å². The summed E-state index contributed by atoms with van der Waals surface area (Å²) in [6, 6.07) is -0.197. The molecule has 0 spiro atoms. The van der Waals surface area contributed by atoms with Crippen LogP contribution in [0.25, 0.3) is 0 Å². The van der Waals surface area contributed by atoms with Crippen molar-refractivity contribution in [1.82, 2.24) is 29.2 Å². The topological polar surface area (TPSA) is 106 Å². The average molecular weight is 348 g/mol. The van der Waals surface area contributed by atoms with Crippen molar-refractivity contribution in [3.63, 3.8) is 0 Å². The van der Waals surface area contributed by atoms with Crippen LogP contribution in [0.2, 0.25) is 0 Å². The Morgan fingerprint density at radius 2 is 2.12 bits per heavy atom. The number of carbonyl (C=O) groups is 2. The molecule has 1 aliphatic heterocycles.